The van der Waals surface area contributed by atoms with Gasteiger partial charge in [0, 0.05) is 25.0 Å². The van der Waals surface area contributed by atoms with Crippen molar-refractivity contribution >= 4 is 0 Å². The maximum Gasteiger partial charge on any atom is 0.0363 e. The van der Waals surface area contributed by atoms with Crippen molar-refractivity contribution < 1.29 is 0 Å². The van der Waals surface area contributed by atoms with Gasteiger partial charge in [-0.15, -0.1) is 0 Å². The molecule has 1 N–H and O–H groups in total. The minimum atomic E-state index is 0.604. The fraction of sp³-hybridized carbons (Fsp3) is 0.750. The SMILES string of the molecule is CCCCCCn1ccc(C(NCC)C2CC2)c1. The lowest BCUT2D eigenvalue weighted by atomic mass is 10.1. The van der Waals surface area contributed by atoms with Crippen LogP contribution in [0.25, 0.3) is 0 Å². The van der Waals surface area contributed by atoms with E-state index >= 15 is 0 Å². The number of aryl methyl sites for hydroxylation is 1. The molecule has 0 aliphatic heterocycles. The molecule has 0 amide bonds. The van der Waals surface area contributed by atoms with Crippen molar-refractivity contribution in [1.82, 2.24) is 9.88 Å². The Morgan fingerprint density at radius 1 is 1.28 bits per heavy atom. The van der Waals surface area contributed by atoms with Crippen LogP contribution in [0.5, 0.6) is 0 Å². The van der Waals surface area contributed by atoms with Crippen molar-refractivity contribution in [3.05, 3.63) is 24.0 Å². The molecule has 1 aromatic heterocycles. The normalized spacial score (nSPS) is 17.0. The molecule has 1 unspecified atom stereocenters. The topological polar surface area (TPSA) is 17.0 Å². The largest absolute Gasteiger partial charge is 0.354 e. The Labute approximate surface area is 112 Å². The molecule has 0 bridgehead atoms. The maximum atomic E-state index is 3.64. The molecule has 0 spiro atoms. The molecule has 0 aromatic carbocycles. The lowest BCUT2D eigenvalue weighted by Gasteiger charge is -2.15. The summed E-state index contributed by atoms with van der Waals surface area (Å²) < 4.78 is 2.37. The second-order valence-corrected chi connectivity index (χ2v) is 5.62. The molecule has 1 atom stereocenters. The van der Waals surface area contributed by atoms with Gasteiger partial charge in [0.25, 0.3) is 0 Å². The maximum absolute atomic E-state index is 3.64. The quantitative estimate of drug-likeness (QED) is 0.650. The van der Waals surface area contributed by atoms with Gasteiger partial charge in [0.2, 0.25) is 0 Å². The molecule has 1 aliphatic carbocycles. The number of nitrogens with zero attached hydrogens (tertiary/aromatic N) is 1. The second-order valence-electron chi connectivity index (χ2n) is 5.62. The third-order valence-electron chi connectivity index (χ3n) is 3.92. The zero-order chi connectivity index (χ0) is 12.8. The van der Waals surface area contributed by atoms with E-state index in [1.165, 1.54) is 50.6 Å². The Bertz CT molecular complexity index is 339. The first kappa shape index (κ1) is 13.7. The summed E-state index contributed by atoms with van der Waals surface area (Å²) in [5.74, 6) is 0.890. The highest BCUT2D eigenvalue weighted by Gasteiger charge is 2.31. The molecule has 18 heavy (non-hydrogen) atoms. The van der Waals surface area contributed by atoms with E-state index < -0.39 is 0 Å². The van der Waals surface area contributed by atoms with Crippen LogP contribution < -0.4 is 5.32 Å². The van der Waals surface area contributed by atoms with E-state index in [-0.39, 0.29) is 0 Å². The molecule has 2 heteroatoms. The zero-order valence-corrected chi connectivity index (χ0v) is 12.0. The number of unbranched alkanes of at least 4 members (excludes halogenated alkanes) is 3. The third-order valence-corrected chi connectivity index (χ3v) is 3.92. The molecule has 1 aromatic rings. The van der Waals surface area contributed by atoms with Crippen LogP contribution in [0.4, 0.5) is 0 Å². The molecule has 1 fully saturated rings. The van der Waals surface area contributed by atoms with Crippen molar-refractivity contribution in [2.24, 2.45) is 5.92 Å². The van der Waals surface area contributed by atoms with E-state index in [4.69, 9.17) is 0 Å². The lowest BCUT2D eigenvalue weighted by molar-refractivity contribution is 0.494. The Balaban J connectivity index is 1.83. The first-order valence-electron chi connectivity index (χ1n) is 7.74. The van der Waals surface area contributed by atoms with Crippen molar-refractivity contribution in [3.8, 4) is 0 Å². The standard InChI is InChI=1S/C16H28N2/c1-3-5-6-7-11-18-12-10-15(13-18)16(17-4-2)14-8-9-14/h10,12-14,16-17H,3-9,11H2,1-2H3. The number of hydrogen-bond acceptors (Lipinski definition) is 1. The van der Waals surface area contributed by atoms with Gasteiger partial charge >= 0.3 is 0 Å². The van der Waals surface area contributed by atoms with Gasteiger partial charge in [0.05, 0.1) is 0 Å². The van der Waals surface area contributed by atoms with Crippen LogP contribution in [-0.2, 0) is 6.54 Å². The molecular formula is C16H28N2. The van der Waals surface area contributed by atoms with E-state index in [1.54, 1.807) is 0 Å². The van der Waals surface area contributed by atoms with Crippen LogP contribution in [-0.4, -0.2) is 11.1 Å². The van der Waals surface area contributed by atoms with Gasteiger partial charge in [-0.05, 0) is 43.4 Å². The molecular weight excluding hydrogens is 220 g/mol. The highest BCUT2D eigenvalue weighted by Crippen LogP contribution is 2.40. The van der Waals surface area contributed by atoms with Crippen LogP contribution in [0.3, 0.4) is 0 Å². The van der Waals surface area contributed by atoms with Gasteiger partial charge in [0.1, 0.15) is 0 Å². The first-order valence-corrected chi connectivity index (χ1v) is 7.74. The van der Waals surface area contributed by atoms with E-state index in [9.17, 15) is 0 Å². The average Bonchev–Trinajstić information content (AvgIpc) is 3.11. The Kier molecular flexibility index (Phi) is 5.30. The van der Waals surface area contributed by atoms with E-state index in [1.807, 2.05) is 0 Å². The van der Waals surface area contributed by atoms with Crippen molar-refractivity contribution in [3.63, 3.8) is 0 Å². The van der Waals surface area contributed by atoms with E-state index in [0.29, 0.717) is 6.04 Å². The van der Waals surface area contributed by atoms with Crippen molar-refractivity contribution in [1.29, 1.82) is 0 Å². The molecule has 2 nitrogen and oxygen atoms in total. The summed E-state index contributed by atoms with van der Waals surface area (Å²) in [7, 11) is 0. The Morgan fingerprint density at radius 2 is 2.11 bits per heavy atom. The highest BCUT2D eigenvalue weighted by atomic mass is 15.0. The predicted molar refractivity (Wildman–Crippen MR) is 77.7 cm³/mol. The van der Waals surface area contributed by atoms with E-state index in [2.05, 4.69) is 42.2 Å². The molecule has 102 valence electrons. The average molecular weight is 248 g/mol. The minimum absolute atomic E-state index is 0.604. The lowest BCUT2D eigenvalue weighted by Crippen LogP contribution is -2.22. The monoisotopic (exact) mass is 248 g/mol. The number of hydrogen-bond donors (Lipinski definition) is 1. The molecule has 0 saturated heterocycles. The summed E-state index contributed by atoms with van der Waals surface area (Å²) in [6.45, 7) is 6.73. The predicted octanol–water partition coefficient (Wildman–Crippen LogP) is 4.13. The second kappa shape index (κ2) is 6.98. The summed E-state index contributed by atoms with van der Waals surface area (Å²) in [5.41, 5.74) is 1.50. The minimum Gasteiger partial charge on any atom is -0.354 e. The molecule has 1 aliphatic rings. The zero-order valence-electron chi connectivity index (χ0n) is 12.0. The van der Waals surface area contributed by atoms with Gasteiger partial charge in [-0.25, -0.2) is 0 Å². The first-order chi connectivity index (χ1) is 8.85. The van der Waals surface area contributed by atoms with Gasteiger partial charge < -0.3 is 9.88 Å². The van der Waals surface area contributed by atoms with Crippen molar-refractivity contribution in [2.45, 2.75) is 65.0 Å². The summed E-state index contributed by atoms with van der Waals surface area (Å²) in [6.07, 6.45) is 12.8. The fourth-order valence-electron chi connectivity index (χ4n) is 2.71. The summed E-state index contributed by atoms with van der Waals surface area (Å²) in [4.78, 5) is 0. The van der Waals surface area contributed by atoms with Gasteiger partial charge in [-0.3, -0.25) is 0 Å². The van der Waals surface area contributed by atoms with Crippen molar-refractivity contribution in [2.75, 3.05) is 6.54 Å². The third kappa shape index (κ3) is 3.88. The van der Waals surface area contributed by atoms with Crippen LogP contribution in [0.2, 0.25) is 0 Å². The van der Waals surface area contributed by atoms with Crippen LogP contribution in [0.1, 0.15) is 64.0 Å². The smallest absolute Gasteiger partial charge is 0.0363 e. The summed E-state index contributed by atoms with van der Waals surface area (Å²) >= 11 is 0. The Hall–Kier alpha value is -0.760. The number of rotatable bonds is 9. The number of nitrogens with one attached hydrogen (secondary N) is 1. The van der Waals surface area contributed by atoms with E-state index in [0.717, 1.165) is 12.5 Å². The highest BCUT2D eigenvalue weighted by molar-refractivity contribution is 5.18. The summed E-state index contributed by atoms with van der Waals surface area (Å²) in [6, 6.07) is 2.91. The van der Waals surface area contributed by atoms with Crippen LogP contribution in [0.15, 0.2) is 18.5 Å². The molecule has 0 radical (unpaired) electrons. The van der Waals surface area contributed by atoms with Gasteiger partial charge in [0.15, 0.2) is 0 Å². The van der Waals surface area contributed by atoms with Gasteiger partial charge in [-0.2, -0.15) is 0 Å². The summed E-state index contributed by atoms with van der Waals surface area (Å²) in [5, 5.41) is 3.64. The molecule has 1 heterocycles. The molecule has 2 rings (SSSR count). The van der Waals surface area contributed by atoms with Crippen LogP contribution >= 0.6 is 0 Å². The Morgan fingerprint density at radius 3 is 2.78 bits per heavy atom. The fourth-order valence-corrected chi connectivity index (χ4v) is 2.71. The number of aromatic nitrogens is 1. The van der Waals surface area contributed by atoms with Crippen LogP contribution in [0, 0.1) is 5.92 Å². The molecule has 1 saturated carbocycles. The van der Waals surface area contributed by atoms with Gasteiger partial charge in [-0.1, -0.05) is 33.1 Å².